The van der Waals surface area contributed by atoms with E-state index in [2.05, 4.69) is 24.4 Å². The van der Waals surface area contributed by atoms with Gasteiger partial charge in [-0.1, -0.05) is 30.7 Å². The van der Waals surface area contributed by atoms with Crippen molar-refractivity contribution in [1.29, 1.82) is 0 Å². The number of hydrogen-bond donors (Lipinski definition) is 1. The highest BCUT2D eigenvalue weighted by atomic mass is 35.5. The van der Waals surface area contributed by atoms with Gasteiger partial charge in [-0.2, -0.15) is 0 Å². The molecule has 0 saturated heterocycles. The summed E-state index contributed by atoms with van der Waals surface area (Å²) in [5, 5.41) is 3.96. The summed E-state index contributed by atoms with van der Waals surface area (Å²) in [5.74, 6) is 0.602. The van der Waals surface area contributed by atoms with Crippen LogP contribution in [0.5, 0.6) is 0 Å². The number of benzene rings is 1. The van der Waals surface area contributed by atoms with E-state index in [-0.39, 0.29) is 0 Å². The Bertz CT molecular complexity index is 243. The van der Waals surface area contributed by atoms with Crippen LogP contribution in [-0.4, -0.2) is 13.6 Å². The molecule has 0 aliphatic rings. The average molecular weight is 198 g/mol. The second kappa shape index (κ2) is 5.25. The number of nitrogens with one attached hydrogen (secondary N) is 1. The molecule has 0 fully saturated rings. The normalized spacial score (nSPS) is 12.8. The van der Waals surface area contributed by atoms with Crippen LogP contribution in [0.25, 0.3) is 0 Å². The zero-order chi connectivity index (χ0) is 9.68. The van der Waals surface area contributed by atoms with E-state index in [0.29, 0.717) is 5.92 Å². The van der Waals surface area contributed by atoms with Gasteiger partial charge in [-0.15, -0.1) is 0 Å². The summed E-state index contributed by atoms with van der Waals surface area (Å²) in [4.78, 5) is 0. The Hall–Kier alpha value is -0.530. The molecule has 0 aliphatic carbocycles. The van der Waals surface area contributed by atoms with E-state index in [1.165, 1.54) is 5.56 Å². The van der Waals surface area contributed by atoms with E-state index in [9.17, 15) is 0 Å². The Labute approximate surface area is 85.1 Å². The summed E-state index contributed by atoms with van der Waals surface area (Å²) in [5.41, 5.74) is 1.36. The maximum Gasteiger partial charge on any atom is 0.0406 e. The first-order valence-corrected chi connectivity index (χ1v) is 5.02. The van der Waals surface area contributed by atoms with Gasteiger partial charge in [0.25, 0.3) is 0 Å². The van der Waals surface area contributed by atoms with Crippen LogP contribution in [0.1, 0.15) is 24.8 Å². The Balaban J connectivity index is 2.55. The molecule has 0 spiro atoms. The predicted molar refractivity (Wildman–Crippen MR) is 58.4 cm³/mol. The molecule has 1 N–H and O–H groups in total. The van der Waals surface area contributed by atoms with Crippen LogP contribution >= 0.6 is 11.6 Å². The summed E-state index contributed by atoms with van der Waals surface area (Å²) >= 11 is 5.81. The number of halogens is 1. The lowest BCUT2D eigenvalue weighted by Crippen LogP contribution is -2.10. The minimum Gasteiger partial charge on any atom is -0.320 e. The first-order valence-electron chi connectivity index (χ1n) is 4.64. The van der Waals surface area contributed by atoms with Gasteiger partial charge in [-0.05, 0) is 43.6 Å². The van der Waals surface area contributed by atoms with Crippen LogP contribution in [0.4, 0.5) is 0 Å². The largest absolute Gasteiger partial charge is 0.320 e. The molecular formula is C11H16ClN. The molecule has 0 saturated carbocycles. The molecule has 0 aliphatic heterocycles. The highest BCUT2D eigenvalue weighted by Gasteiger charge is 2.03. The minimum absolute atomic E-state index is 0.602. The maximum atomic E-state index is 5.81. The van der Waals surface area contributed by atoms with Gasteiger partial charge in [0.05, 0.1) is 0 Å². The molecule has 0 radical (unpaired) electrons. The highest BCUT2D eigenvalue weighted by molar-refractivity contribution is 6.30. The number of hydrogen-bond acceptors (Lipinski definition) is 1. The minimum atomic E-state index is 0.602. The molecule has 0 heterocycles. The van der Waals surface area contributed by atoms with Crippen LogP contribution in [0.3, 0.4) is 0 Å². The van der Waals surface area contributed by atoms with Crippen molar-refractivity contribution in [3.8, 4) is 0 Å². The van der Waals surface area contributed by atoms with Crippen molar-refractivity contribution in [3.63, 3.8) is 0 Å². The highest BCUT2D eigenvalue weighted by Crippen LogP contribution is 2.20. The molecule has 0 bridgehead atoms. The lowest BCUT2D eigenvalue weighted by atomic mass is 9.98. The van der Waals surface area contributed by atoms with Crippen molar-refractivity contribution >= 4 is 11.6 Å². The van der Waals surface area contributed by atoms with E-state index in [4.69, 9.17) is 11.6 Å². The molecule has 1 nitrogen and oxygen atoms in total. The summed E-state index contributed by atoms with van der Waals surface area (Å²) in [6.45, 7) is 3.30. The second-order valence-electron chi connectivity index (χ2n) is 3.34. The van der Waals surface area contributed by atoms with Crippen molar-refractivity contribution in [1.82, 2.24) is 5.32 Å². The SMILES string of the molecule is CNCCC(C)c1ccc(Cl)cc1. The van der Waals surface area contributed by atoms with Crippen LogP contribution in [0.15, 0.2) is 24.3 Å². The number of rotatable bonds is 4. The fourth-order valence-electron chi connectivity index (χ4n) is 1.32. The van der Waals surface area contributed by atoms with Crippen molar-refractivity contribution in [2.24, 2.45) is 0 Å². The average Bonchev–Trinajstić information content (AvgIpc) is 2.15. The lowest BCUT2D eigenvalue weighted by molar-refractivity contribution is 0.636. The Morgan fingerprint density at radius 1 is 1.31 bits per heavy atom. The van der Waals surface area contributed by atoms with Gasteiger partial charge in [0, 0.05) is 5.02 Å². The molecule has 1 aromatic rings. The quantitative estimate of drug-likeness (QED) is 0.783. The summed E-state index contributed by atoms with van der Waals surface area (Å²) < 4.78 is 0. The van der Waals surface area contributed by atoms with Crippen LogP contribution < -0.4 is 5.32 Å². The van der Waals surface area contributed by atoms with Crippen molar-refractivity contribution in [3.05, 3.63) is 34.9 Å². The molecule has 1 aromatic carbocycles. The van der Waals surface area contributed by atoms with Crippen molar-refractivity contribution in [2.45, 2.75) is 19.3 Å². The van der Waals surface area contributed by atoms with E-state index in [1.807, 2.05) is 19.2 Å². The van der Waals surface area contributed by atoms with Gasteiger partial charge >= 0.3 is 0 Å². The molecule has 1 rings (SSSR count). The van der Waals surface area contributed by atoms with Gasteiger partial charge < -0.3 is 5.32 Å². The third-order valence-corrected chi connectivity index (χ3v) is 2.52. The van der Waals surface area contributed by atoms with Gasteiger partial charge in [0.1, 0.15) is 0 Å². The van der Waals surface area contributed by atoms with E-state index in [1.54, 1.807) is 0 Å². The lowest BCUT2D eigenvalue weighted by Gasteiger charge is -2.11. The van der Waals surface area contributed by atoms with E-state index >= 15 is 0 Å². The second-order valence-corrected chi connectivity index (χ2v) is 3.78. The van der Waals surface area contributed by atoms with E-state index in [0.717, 1.165) is 18.0 Å². The molecular weight excluding hydrogens is 182 g/mol. The zero-order valence-corrected chi connectivity index (χ0v) is 8.93. The summed E-state index contributed by atoms with van der Waals surface area (Å²) in [6, 6.07) is 8.10. The fourth-order valence-corrected chi connectivity index (χ4v) is 1.44. The third kappa shape index (κ3) is 3.37. The van der Waals surface area contributed by atoms with Gasteiger partial charge in [-0.3, -0.25) is 0 Å². The van der Waals surface area contributed by atoms with Crippen LogP contribution in [0.2, 0.25) is 5.02 Å². The monoisotopic (exact) mass is 197 g/mol. The first-order chi connectivity index (χ1) is 6.24. The van der Waals surface area contributed by atoms with Crippen molar-refractivity contribution < 1.29 is 0 Å². The summed E-state index contributed by atoms with van der Waals surface area (Å²) in [7, 11) is 1.98. The van der Waals surface area contributed by atoms with Crippen LogP contribution in [0, 0.1) is 0 Å². The predicted octanol–water partition coefficient (Wildman–Crippen LogP) is 3.05. The van der Waals surface area contributed by atoms with Gasteiger partial charge in [-0.25, -0.2) is 0 Å². The zero-order valence-electron chi connectivity index (χ0n) is 8.18. The summed E-state index contributed by atoms with van der Waals surface area (Å²) in [6.07, 6.45) is 1.16. The third-order valence-electron chi connectivity index (χ3n) is 2.27. The van der Waals surface area contributed by atoms with Gasteiger partial charge in [0.2, 0.25) is 0 Å². The van der Waals surface area contributed by atoms with Crippen molar-refractivity contribution in [2.75, 3.05) is 13.6 Å². The van der Waals surface area contributed by atoms with Crippen LogP contribution in [-0.2, 0) is 0 Å². The molecule has 0 amide bonds. The first kappa shape index (κ1) is 10.6. The topological polar surface area (TPSA) is 12.0 Å². The molecule has 72 valence electrons. The Morgan fingerprint density at radius 2 is 1.92 bits per heavy atom. The fraction of sp³-hybridized carbons (Fsp3) is 0.455. The Kier molecular flexibility index (Phi) is 4.26. The molecule has 2 heteroatoms. The van der Waals surface area contributed by atoms with E-state index < -0.39 is 0 Å². The molecule has 13 heavy (non-hydrogen) atoms. The van der Waals surface area contributed by atoms with Gasteiger partial charge in [0.15, 0.2) is 0 Å². The molecule has 1 unspecified atom stereocenters. The Morgan fingerprint density at radius 3 is 2.46 bits per heavy atom. The standard InChI is InChI=1S/C11H16ClN/c1-9(7-8-13-2)10-3-5-11(12)6-4-10/h3-6,9,13H,7-8H2,1-2H3. The molecule has 0 aromatic heterocycles. The molecule has 1 atom stereocenters. The maximum absolute atomic E-state index is 5.81. The smallest absolute Gasteiger partial charge is 0.0406 e.